The summed E-state index contributed by atoms with van der Waals surface area (Å²) in [6.45, 7) is 3.90. The highest BCUT2D eigenvalue weighted by molar-refractivity contribution is 7.92. The zero-order chi connectivity index (χ0) is 26.0. The number of hydrogen-bond acceptors (Lipinski definition) is 6. The van der Waals surface area contributed by atoms with Crippen molar-refractivity contribution < 1.29 is 22.7 Å². The summed E-state index contributed by atoms with van der Waals surface area (Å²) >= 11 is 6.25. The molecule has 0 atom stereocenters. The van der Waals surface area contributed by atoms with Gasteiger partial charge in [0.1, 0.15) is 0 Å². The number of piperazine rings is 1. The van der Waals surface area contributed by atoms with Crippen LogP contribution in [0, 0.1) is 0 Å². The second-order valence-corrected chi connectivity index (χ2v) is 11.5. The fourth-order valence-corrected chi connectivity index (χ4v) is 5.61. The normalized spacial score (nSPS) is 15.6. The van der Waals surface area contributed by atoms with Gasteiger partial charge in [-0.15, -0.1) is 0 Å². The Bertz CT molecular complexity index is 1390. The topological polar surface area (TPSA) is 79.4 Å². The summed E-state index contributed by atoms with van der Waals surface area (Å²) in [5.74, 6) is 1.48. The highest BCUT2D eigenvalue weighted by Crippen LogP contribution is 2.33. The zero-order valence-electron chi connectivity index (χ0n) is 20.5. The summed E-state index contributed by atoms with van der Waals surface area (Å²) in [4.78, 5) is 17.3. The predicted molar refractivity (Wildman–Crippen MR) is 143 cm³/mol. The first kappa shape index (κ1) is 25.4. The van der Waals surface area contributed by atoms with E-state index in [0.717, 1.165) is 43.0 Å². The molecule has 2 aliphatic rings. The molecule has 0 saturated carbocycles. The van der Waals surface area contributed by atoms with Gasteiger partial charge in [-0.3, -0.25) is 14.0 Å². The molecular formula is C27H28ClN3O5S. The molecule has 10 heteroatoms. The maximum Gasteiger partial charge on any atom is 0.253 e. The van der Waals surface area contributed by atoms with E-state index in [9.17, 15) is 13.2 Å². The van der Waals surface area contributed by atoms with E-state index in [1.54, 1.807) is 42.5 Å². The Morgan fingerprint density at radius 1 is 0.946 bits per heavy atom. The van der Waals surface area contributed by atoms with E-state index in [0.29, 0.717) is 34.9 Å². The fraction of sp³-hybridized carbons (Fsp3) is 0.296. The quantitative estimate of drug-likeness (QED) is 0.450. The summed E-state index contributed by atoms with van der Waals surface area (Å²) in [6, 6.07) is 19.8. The lowest BCUT2D eigenvalue weighted by atomic mass is 10.1. The molecule has 0 unspecified atom stereocenters. The average molecular weight is 542 g/mol. The first-order valence-electron chi connectivity index (χ1n) is 12.0. The van der Waals surface area contributed by atoms with Crippen molar-refractivity contribution in [3.05, 3.63) is 88.4 Å². The minimum absolute atomic E-state index is 0.0636. The monoisotopic (exact) mass is 541 g/mol. The third-order valence-electron chi connectivity index (χ3n) is 6.58. The molecule has 3 aromatic rings. The zero-order valence-corrected chi connectivity index (χ0v) is 22.0. The number of carbonyl (C=O) groups is 1. The molecule has 0 aliphatic carbocycles. The summed E-state index contributed by atoms with van der Waals surface area (Å²) in [5.41, 5.74) is 2.85. The van der Waals surface area contributed by atoms with Crippen LogP contribution in [0.15, 0.2) is 66.7 Å². The standard InChI is InChI=1S/C27H28ClN3O5S/c1-37(33,34)31(18-22-4-2-3-5-24(22)28)23-9-7-21(8-10-23)27(32)30-14-12-29(13-15-30)17-20-6-11-25-26(16-20)36-19-35-25/h2-11,16H,12-15,17-19H2,1H3. The largest absolute Gasteiger partial charge is 0.454 e. The Labute approximate surface area is 222 Å². The molecule has 8 nitrogen and oxygen atoms in total. The summed E-state index contributed by atoms with van der Waals surface area (Å²) in [7, 11) is -3.56. The van der Waals surface area contributed by atoms with Crippen LogP contribution in [0.4, 0.5) is 5.69 Å². The molecule has 0 aromatic heterocycles. The molecule has 0 bridgehead atoms. The van der Waals surface area contributed by atoms with Gasteiger partial charge in [0.25, 0.3) is 5.91 Å². The van der Waals surface area contributed by atoms with Gasteiger partial charge in [0.2, 0.25) is 16.8 Å². The van der Waals surface area contributed by atoms with Gasteiger partial charge in [0, 0.05) is 43.3 Å². The molecule has 0 N–H and O–H groups in total. The Hall–Kier alpha value is -3.27. The third-order valence-corrected chi connectivity index (χ3v) is 8.09. The number of sulfonamides is 1. The van der Waals surface area contributed by atoms with Crippen LogP contribution in [0.2, 0.25) is 5.02 Å². The van der Waals surface area contributed by atoms with E-state index < -0.39 is 10.0 Å². The van der Waals surface area contributed by atoms with E-state index in [1.165, 1.54) is 4.31 Å². The van der Waals surface area contributed by atoms with Gasteiger partial charge in [-0.1, -0.05) is 35.9 Å². The number of benzene rings is 3. The molecule has 1 amide bonds. The molecule has 2 aliphatic heterocycles. The Balaban J connectivity index is 1.21. The number of halogens is 1. The number of amides is 1. The number of carbonyl (C=O) groups excluding carboxylic acids is 1. The maximum absolute atomic E-state index is 13.1. The van der Waals surface area contributed by atoms with E-state index >= 15 is 0 Å². The van der Waals surface area contributed by atoms with Gasteiger partial charge in [-0.2, -0.15) is 0 Å². The number of rotatable bonds is 7. The Morgan fingerprint density at radius 2 is 1.65 bits per heavy atom. The second-order valence-electron chi connectivity index (χ2n) is 9.16. The second kappa shape index (κ2) is 10.6. The highest BCUT2D eigenvalue weighted by Gasteiger charge is 2.24. The lowest BCUT2D eigenvalue weighted by molar-refractivity contribution is 0.0628. The van der Waals surface area contributed by atoms with Crippen molar-refractivity contribution in [2.45, 2.75) is 13.1 Å². The lowest BCUT2D eigenvalue weighted by Crippen LogP contribution is -2.48. The predicted octanol–water partition coefficient (Wildman–Crippen LogP) is 3.99. The van der Waals surface area contributed by atoms with Crippen molar-refractivity contribution in [2.24, 2.45) is 0 Å². The van der Waals surface area contributed by atoms with E-state index in [4.69, 9.17) is 21.1 Å². The van der Waals surface area contributed by atoms with Crippen LogP contribution < -0.4 is 13.8 Å². The van der Waals surface area contributed by atoms with Crippen LogP contribution in [0.1, 0.15) is 21.5 Å². The first-order valence-corrected chi connectivity index (χ1v) is 14.2. The van der Waals surface area contributed by atoms with Crippen LogP contribution in [0.3, 0.4) is 0 Å². The highest BCUT2D eigenvalue weighted by atomic mass is 35.5. The van der Waals surface area contributed by atoms with Crippen LogP contribution in [0.5, 0.6) is 11.5 Å². The molecule has 3 aromatic carbocycles. The maximum atomic E-state index is 13.1. The average Bonchev–Trinajstić information content (AvgIpc) is 3.36. The van der Waals surface area contributed by atoms with Gasteiger partial charge >= 0.3 is 0 Å². The summed E-state index contributed by atoms with van der Waals surface area (Å²) in [5, 5.41) is 0.501. The van der Waals surface area contributed by atoms with Gasteiger partial charge in [0.15, 0.2) is 11.5 Å². The Kier molecular flexibility index (Phi) is 7.28. The van der Waals surface area contributed by atoms with E-state index in [2.05, 4.69) is 4.90 Å². The van der Waals surface area contributed by atoms with Gasteiger partial charge in [0.05, 0.1) is 18.5 Å². The van der Waals surface area contributed by atoms with Crippen molar-refractivity contribution in [3.63, 3.8) is 0 Å². The molecule has 0 spiro atoms. The molecule has 37 heavy (non-hydrogen) atoms. The number of hydrogen-bond donors (Lipinski definition) is 0. The smallest absolute Gasteiger partial charge is 0.253 e. The fourth-order valence-electron chi connectivity index (χ4n) is 4.54. The molecule has 5 rings (SSSR count). The first-order chi connectivity index (χ1) is 17.8. The van der Waals surface area contributed by atoms with Crippen molar-refractivity contribution in [1.82, 2.24) is 9.80 Å². The van der Waals surface area contributed by atoms with Crippen LogP contribution in [-0.4, -0.2) is 63.4 Å². The molecule has 1 fully saturated rings. The van der Waals surface area contributed by atoms with Crippen LogP contribution in [0.25, 0.3) is 0 Å². The molecular weight excluding hydrogens is 514 g/mol. The van der Waals surface area contributed by atoms with Crippen molar-refractivity contribution in [1.29, 1.82) is 0 Å². The number of nitrogens with zero attached hydrogens (tertiary/aromatic N) is 3. The minimum atomic E-state index is -3.56. The van der Waals surface area contributed by atoms with Crippen molar-refractivity contribution >= 4 is 33.2 Å². The molecule has 0 radical (unpaired) electrons. The minimum Gasteiger partial charge on any atom is -0.454 e. The van der Waals surface area contributed by atoms with Gasteiger partial charge in [-0.25, -0.2) is 8.42 Å². The molecule has 2 heterocycles. The van der Waals surface area contributed by atoms with E-state index in [1.807, 2.05) is 29.2 Å². The SMILES string of the molecule is CS(=O)(=O)N(Cc1ccccc1Cl)c1ccc(C(=O)N2CCN(Cc3ccc4c(c3)OCO4)CC2)cc1. The van der Waals surface area contributed by atoms with Crippen molar-refractivity contribution in [3.8, 4) is 11.5 Å². The van der Waals surface area contributed by atoms with Crippen LogP contribution >= 0.6 is 11.6 Å². The molecule has 194 valence electrons. The summed E-state index contributed by atoms with van der Waals surface area (Å²) < 4.78 is 37.2. The Morgan fingerprint density at radius 3 is 2.35 bits per heavy atom. The van der Waals surface area contributed by atoms with E-state index in [-0.39, 0.29) is 19.2 Å². The molecule has 1 saturated heterocycles. The van der Waals surface area contributed by atoms with Gasteiger partial charge < -0.3 is 14.4 Å². The number of ether oxygens (including phenoxy) is 2. The van der Waals surface area contributed by atoms with Crippen molar-refractivity contribution in [2.75, 3.05) is 43.5 Å². The van der Waals surface area contributed by atoms with Crippen LogP contribution in [-0.2, 0) is 23.1 Å². The number of fused-ring (bicyclic) bond motifs is 1. The third kappa shape index (κ3) is 5.84. The lowest BCUT2D eigenvalue weighted by Gasteiger charge is -2.35. The number of anilines is 1. The van der Waals surface area contributed by atoms with Gasteiger partial charge in [-0.05, 0) is 53.6 Å². The summed E-state index contributed by atoms with van der Waals surface area (Å²) in [6.07, 6.45) is 1.16.